The standard InChI is InChI=1S/C37H50ClN3O12S/c1-20-11-10-12-27(49-8)37(47)19-26(51-34(45)39-37)21(2)32-36(4,53-32)28(52-33(44)22(3)40(5)29(42)13-14-54-35(46)50-9)18-30(43)41(6)24-16-23(15-20)17-25(48-7)31(24)38/h10-12,16-17,21-22,26-28,32,47H,13-15,18-19H2,1-9H3,(H,39,45)/b12-10+,20-11+/t21-,22+,26+,27-,28+,32+,36+,37+/m1/s1. The third-order valence-corrected chi connectivity index (χ3v) is 11.4. The number of nitrogens with zero attached hydrogens (tertiary/aromatic N) is 2. The van der Waals surface area contributed by atoms with E-state index in [1.54, 1.807) is 45.2 Å². The van der Waals surface area contributed by atoms with Crippen LogP contribution in [0.4, 0.5) is 15.3 Å². The van der Waals surface area contributed by atoms with Gasteiger partial charge in [0.15, 0.2) is 5.72 Å². The van der Waals surface area contributed by atoms with Gasteiger partial charge in [-0.25, -0.2) is 14.4 Å². The average molecular weight is 796 g/mol. The van der Waals surface area contributed by atoms with Gasteiger partial charge in [0.05, 0.1) is 32.4 Å². The molecule has 3 aliphatic rings. The molecule has 0 saturated carbocycles. The number of hydrogen-bond donors (Lipinski definition) is 2. The molecule has 1 aromatic carbocycles. The van der Waals surface area contributed by atoms with Crippen molar-refractivity contribution in [1.29, 1.82) is 0 Å². The van der Waals surface area contributed by atoms with Crippen molar-refractivity contribution >= 4 is 58.2 Å². The van der Waals surface area contributed by atoms with Crippen LogP contribution in [0.1, 0.15) is 52.5 Å². The number of rotatable bonds is 8. The number of amides is 3. The Bertz CT molecular complexity index is 1670. The number of alkyl carbamates (subject to hydrolysis) is 1. The summed E-state index contributed by atoms with van der Waals surface area (Å²) >= 11 is 7.58. The second-order valence-electron chi connectivity index (χ2n) is 14.0. The summed E-state index contributed by atoms with van der Waals surface area (Å²) in [5.41, 5.74) is -1.04. The number of halogens is 1. The van der Waals surface area contributed by atoms with Crippen LogP contribution in [0.3, 0.4) is 0 Å². The number of epoxide rings is 1. The molecule has 8 atom stereocenters. The molecule has 3 aliphatic heterocycles. The molecule has 54 heavy (non-hydrogen) atoms. The van der Waals surface area contributed by atoms with E-state index in [4.69, 9.17) is 35.3 Å². The number of esters is 1. The first-order chi connectivity index (χ1) is 25.4. The summed E-state index contributed by atoms with van der Waals surface area (Å²) in [5, 5.41) is 13.9. The summed E-state index contributed by atoms with van der Waals surface area (Å²) in [7, 11) is 7.13. The van der Waals surface area contributed by atoms with E-state index >= 15 is 0 Å². The van der Waals surface area contributed by atoms with Crippen LogP contribution in [0.15, 0.2) is 35.9 Å². The van der Waals surface area contributed by atoms with Crippen molar-refractivity contribution in [3.05, 3.63) is 46.5 Å². The molecule has 1 aromatic rings. The van der Waals surface area contributed by atoms with Gasteiger partial charge in [0.1, 0.15) is 40.7 Å². The van der Waals surface area contributed by atoms with Crippen molar-refractivity contribution in [2.45, 2.75) is 95.2 Å². The predicted octanol–water partition coefficient (Wildman–Crippen LogP) is 4.40. The minimum absolute atomic E-state index is 0.0410. The number of nitrogens with one attached hydrogen (secondary N) is 1. The molecule has 4 bridgehead atoms. The number of methoxy groups -OCH3 is 3. The lowest BCUT2D eigenvalue weighted by Crippen LogP contribution is -2.63. The van der Waals surface area contributed by atoms with Gasteiger partial charge in [-0.2, -0.15) is 0 Å². The molecule has 3 amide bonds. The topological polar surface area (TPSA) is 183 Å². The zero-order valence-electron chi connectivity index (χ0n) is 32.0. The van der Waals surface area contributed by atoms with E-state index in [2.05, 4.69) is 10.1 Å². The number of ether oxygens (including phenoxy) is 6. The van der Waals surface area contributed by atoms with Crippen LogP contribution in [0, 0.1) is 5.92 Å². The Hall–Kier alpha value is -3.83. The van der Waals surface area contributed by atoms with Crippen molar-refractivity contribution in [1.82, 2.24) is 10.2 Å². The van der Waals surface area contributed by atoms with Crippen LogP contribution in [0.2, 0.25) is 5.02 Å². The fourth-order valence-electron chi connectivity index (χ4n) is 6.68. The van der Waals surface area contributed by atoms with Gasteiger partial charge in [0.2, 0.25) is 11.8 Å². The van der Waals surface area contributed by atoms with Gasteiger partial charge in [0, 0.05) is 45.7 Å². The third-order valence-electron chi connectivity index (χ3n) is 10.2. The van der Waals surface area contributed by atoms with Gasteiger partial charge in [-0.1, -0.05) is 42.3 Å². The smallest absolute Gasteiger partial charge is 0.409 e. The molecule has 2 fully saturated rings. The highest BCUT2D eigenvalue weighted by atomic mass is 35.5. The van der Waals surface area contributed by atoms with Gasteiger partial charge in [-0.15, -0.1) is 0 Å². The van der Waals surface area contributed by atoms with Crippen LogP contribution >= 0.6 is 23.4 Å². The van der Waals surface area contributed by atoms with Crippen LogP contribution in [-0.2, 0) is 44.5 Å². The lowest BCUT2D eigenvalue weighted by Gasteiger charge is -2.42. The van der Waals surface area contributed by atoms with Gasteiger partial charge < -0.3 is 43.3 Å². The van der Waals surface area contributed by atoms with Crippen molar-refractivity contribution in [3.63, 3.8) is 0 Å². The minimum atomic E-state index is -1.85. The van der Waals surface area contributed by atoms with Gasteiger partial charge in [-0.05, 0) is 56.7 Å². The van der Waals surface area contributed by atoms with Crippen molar-refractivity contribution in [2.75, 3.05) is 46.1 Å². The van der Waals surface area contributed by atoms with Crippen molar-refractivity contribution < 1.29 is 57.5 Å². The van der Waals surface area contributed by atoms with Crippen LogP contribution in [0.5, 0.6) is 5.75 Å². The highest BCUT2D eigenvalue weighted by molar-refractivity contribution is 8.13. The largest absolute Gasteiger partial charge is 0.495 e. The molecule has 0 aromatic heterocycles. The number of thioether (sulfide) groups is 1. The minimum Gasteiger partial charge on any atom is -0.495 e. The van der Waals surface area contributed by atoms with Crippen LogP contribution in [0.25, 0.3) is 0 Å². The molecule has 298 valence electrons. The molecule has 2 saturated heterocycles. The molecule has 0 unspecified atom stereocenters. The number of allylic oxidation sites excluding steroid dienone is 3. The quantitative estimate of drug-likeness (QED) is 0.215. The fourth-order valence-corrected chi connectivity index (χ4v) is 7.55. The molecule has 0 spiro atoms. The number of aliphatic hydroxyl groups is 1. The molecule has 17 heteroatoms. The second-order valence-corrected chi connectivity index (χ2v) is 15.4. The Labute approximate surface area is 324 Å². The Morgan fingerprint density at radius 2 is 1.93 bits per heavy atom. The number of likely N-dealkylation sites (N-methyl/N-ethyl adjacent to an activating group) is 1. The highest BCUT2D eigenvalue weighted by Crippen LogP contribution is 2.49. The Morgan fingerprint density at radius 1 is 1.22 bits per heavy atom. The first-order valence-corrected chi connectivity index (χ1v) is 18.8. The molecule has 15 nitrogen and oxygen atoms in total. The molecule has 0 radical (unpaired) electrons. The van der Waals surface area contributed by atoms with Gasteiger partial charge >= 0.3 is 17.4 Å². The molecule has 3 heterocycles. The van der Waals surface area contributed by atoms with E-state index < -0.39 is 76.9 Å². The lowest BCUT2D eigenvalue weighted by atomic mass is 9.83. The van der Waals surface area contributed by atoms with E-state index in [9.17, 15) is 29.1 Å². The van der Waals surface area contributed by atoms with Crippen LogP contribution in [-0.4, -0.2) is 122 Å². The van der Waals surface area contributed by atoms with Crippen molar-refractivity contribution in [3.8, 4) is 5.75 Å². The van der Waals surface area contributed by atoms with E-state index in [0.29, 0.717) is 17.9 Å². The summed E-state index contributed by atoms with van der Waals surface area (Å²) in [6.07, 6.45) is 0.624. The monoisotopic (exact) mass is 795 g/mol. The summed E-state index contributed by atoms with van der Waals surface area (Å²) in [6, 6.07) is 2.47. The molecule has 2 N–H and O–H groups in total. The first kappa shape index (κ1) is 42.9. The normalized spacial score (nSPS) is 30.7. The highest BCUT2D eigenvalue weighted by Gasteiger charge is 2.64. The molecular weight excluding hydrogens is 746 g/mol. The zero-order valence-corrected chi connectivity index (χ0v) is 33.6. The molecule has 4 rings (SSSR count). The van der Waals surface area contributed by atoms with E-state index in [-0.39, 0.29) is 30.0 Å². The second kappa shape index (κ2) is 17.8. The van der Waals surface area contributed by atoms with Gasteiger partial charge in [0.25, 0.3) is 0 Å². The van der Waals surface area contributed by atoms with E-state index in [0.717, 1.165) is 22.9 Å². The predicted molar refractivity (Wildman–Crippen MR) is 200 cm³/mol. The zero-order chi connectivity index (χ0) is 40.1. The number of carbonyl (C=O) groups excluding carboxylic acids is 5. The molecular formula is C37H50ClN3O12S. The Morgan fingerprint density at radius 3 is 2.57 bits per heavy atom. The number of anilines is 1. The summed E-state index contributed by atoms with van der Waals surface area (Å²) in [6.45, 7) is 6.86. The summed E-state index contributed by atoms with van der Waals surface area (Å²) in [5.74, 6) is -1.73. The lowest BCUT2D eigenvalue weighted by molar-refractivity contribution is -0.162. The number of hydrogen-bond acceptors (Lipinski definition) is 13. The molecule has 0 aliphatic carbocycles. The summed E-state index contributed by atoms with van der Waals surface area (Å²) < 4.78 is 33.7. The maximum Gasteiger partial charge on any atom is 0.409 e. The van der Waals surface area contributed by atoms with Crippen LogP contribution < -0.4 is 15.0 Å². The SMILES string of the molecule is COC(=O)SCCC(=O)N(C)[C@@H](C)C(=O)O[C@H]1CC(=O)N(C)c2cc(cc(OC)c2Cl)C/C(C)=C/C=C/[C@@H](OC)[C@@]2(O)C[C@H](OC(=O)N2)[C@@H](C)[C@@H]2O[C@@]12C. The van der Waals surface area contributed by atoms with E-state index in [1.165, 1.54) is 45.1 Å². The third kappa shape index (κ3) is 9.69. The number of benzene rings is 1. The number of fused-ring (bicyclic) bond motifs is 5. The van der Waals surface area contributed by atoms with Crippen molar-refractivity contribution in [2.24, 2.45) is 5.92 Å². The maximum absolute atomic E-state index is 14.1. The number of carbonyl (C=O) groups is 5. The first-order valence-electron chi connectivity index (χ1n) is 17.4. The average Bonchev–Trinajstić information content (AvgIpc) is 3.83. The van der Waals surface area contributed by atoms with Gasteiger partial charge in [-0.3, -0.25) is 14.9 Å². The Balaban J connectivity index is 1.71. The maximum atomic E-state index is 14.1. The fraction of sp³-hybridized carbons (Fsp3) is 0.595. The summed E-state index contributed by atoms with van der Waals surface area (Å²) in [4.78, 5) is 67.6. The Kier molecular flexibility index (Phi) is 14.1. The van der Waals surface area contributed by atoms with E-state index in [1.807, 2.05) is 13.0 Å².